The standard InChI is InChI=1S/C14H11F4NO4/c1-13(2)22-11(20)8(12(21)23-13)6-19-10-4-3-7(15)5-9(10)14(16,17)18/h3-6,19H,1-2H3. The van der Waals surface area contributed by atoms with E-state index in [9.17, 15) is 27.2 Å². The maximum atomic E-state index is 13.0. The van der Waals surface area contributed by atoms with Crippen LogP contribution in [0, 0.1) is 5.82 Å². The monoisotopic (exact) mass is 333 g/mol. The summed E-state index contributed by atoms with van der Waals surface area (Å²) in [6, 6.07) is 1.93. The first kappa shape index (κ1) is 16.8. The molecule has 1 aromatic carbocycles. The zero-order valence-corrected chi connectivity index (χ0v) is 12.0. The highest BCUT2D eigenvalue weighted by Crippen LogP contribution is 2.35. The molecule has 0 unspecified atom stereocenters. The van der Waals surface area contributed by atoms with Gasteiger partial charge in [0.1, 0.15) is 5.82 Å². The van der Waals surface area contributed by atoms with Crippen LogP contribution in [-0.2, 0) is 25.2 Å². The summed E-state index contributed by atoms with van der Waals surface area (Å²) in [4.78, 5) is 23.3. The summed E-state index contributed by atoms with van der Waals surface area (Å²) in [6.07, 6.45) is -4.10. The average molecular weight is 333 g/mol. The number of rotatable bonds is 2. The quantitative estimate of drug-likeness (QED) is 0.390. The van der Waals surface area contributed by atoms with E-state index in [1.807, 2.05) is 0 Å². The topological polar surface area (TPSA) is 64.6 Å². The number of halogens is 4. The van der Waals surface area contributed by atoms with Gasteiger partial charge in [0.15, 0.2) is 5.57 Å². The van der Waals surface area contributed by atoms with Crippen molar-refractivity contribution >= 4 is 17.6 Å². The van der Waals surface area contributed by atoms with Gasteiger partial charge in [-0.15, -0.1) is 0 Å². The highest BCUT2D eigenvalue weighted by Gasteiger charge is 2.39. The van der Waals surface area contributed by atoms with Crippen LogP contribution in [0.3, 0.4) is 0 Å². The Hall–Kier alpha value is -2.58. The molecule has 2 rings (SSSR count). The minimum atomic E-state index is -4.82. The summed E-state index contributed by atoms with van der Waals surface area (Å²) in [5.41, 5.74) is -2.43. The largest absolute Gasteiger partial charge is 0.419 e. The third kappa shape index (κ3) is 3.79. The van der Waals surface area contributed by atoms with Gasteiger partial charge in [0, 0.05) is 20.0 Å². The van der Waals surface area contributed by atoms with Crippen LogP contribution in [0.4, 0.5) is 23.2 Å². The lowest BCUT2D eigenvalue weighted by molar-refractivity contribution is -0.222. The zero-order valence-electron chi connectivity index (χ0n) is 12.0. The number of benzene rings is 1. The van der Waals surface area contributed by atoms with Crippen molar-refractivity contribution in [1.29, 1.82) is 0 Å². The fraction of sp³-hybridized carbons (Fsp3) is 0.286. The summed E-state index contributed by atoms with van der Waals surface area (Å²) in [5, 5.41) is 2.15. The molecule has 0 aliphatic carbocycles. The second-order valence-corrected chi connectivity index (χ2v) is 5.07. The molecule has 9 heteroatoms. The minimum Gasteiger partial charge on any atom is -0.419 e. The van der Waals surface area contributed by atoms with Gasteiger partial charge in [-0.05, 0) is 18.2 Å². The van der Waals surface area contributed by atoms with Crippen molar-refractivity contribution in [1.82, 2.24) is 0 Å². The van der Waals surface area contributed by atoms with E-state index >= 15 is 0 Å². The molecule has 1 aromatic rings. The lowest BCUT2D eigenvalue weighted by Crippen LogP contribution is -2.42. The SMILES string of the molecule is CC1(C)OC(=O)C(=CNc2ccc(F)cc2C(F)(F)F)C(=O)O1. The average Bonchev–Trinajstić information content (AvgIpc) is 2.36. The van der Waals surface area contributed by atoms with Gasteiger partial charge in [0.25, 0.3) is 5.79 Å². The molecule has 0 bridgehead atoms. The molecule has 5 nitrogen and oxygen atoms in total. The Kier molecular flexibility index (Phi) is 4.06. The molecule has 0 saturated carbocycles. The number of anilines is 1. The number of cyclic esters (lactones) is 2. The van der Waals surface area contributed by atoms with E-state index in [2.05, 4.69) is 5.32 Å². The van der Waals surface area contributed by atoms with Crippen LogP contribution in [0.2, 0.25) is 0 Å². The Morgan fingerprint density at radius 3 is 2.22 bits per heavy atom. The van der Waals surface area contributed by atoms with Crippen molar-refractivity contribution in [2.24, 2.45) is 0 Å². The second-order valence-electron chi connectivity index (χ2n) is 5.07. The van der Waals surface area contributed by atoms with Crippen LogP contribution in [-0.4, -0.2) is 17.7 Å². The van der Waals surface area contributed by atoms with Gasteiger partial charge in [-0.25, -0.2) is 14.0 Å². The van der Waals surface area contributed by atoms with E-state index in [1.165, 1.54) is 13.8 Å². The fourth-order valence-corrected chi connectivity index (χ4v) is 1.81. The molecule has 0 spiro atoms. The Bertz CT molecular complexity index is 673. The summed E-state index contributed by atoms with van der Waals surface area (Å²) in [6.45, 7) is 2.66. The Morgan fingerprint density at radius 1 is 1.13 bits per heavy atom. The van der Waals surface area contributed by atoms with Gasteiger partial charge < -0.3 is 14.8 Å². The van der Waals surface area contributed by atoms with E-state index in [-0.39, 0.29) is 0 Å². The van der Waals surface area contributed by atoms with Gasteiger partial charge >= 0.3 is 18.1 Å². The molecule has 0 atom stereocenters. The van der Waals surface area contributed by atoms with Crippen molar-refractivity contribution in [2.75, 3.05) is 5.32 Å². The van der Waals surface area contributed by atoms with Gasteiger partial charge in [-0.2, -0.15) is 13.2 Å². The lowest BCUT2D eigenvalue weighted by atomic mass is 10.1. The minimum absolute atomic E-state index is 0.293. The van der Waals surface area contributed by atoms with Gasteiger partial charge in [-0.1, -0.05) is 0 Å². The molecule has 0 aromatic heterocycles. The zero-order chi connectivity index (χ0) is 17.4. The Labute approximate surface area is 127 Å². The molecule has 1 saturated heterocycles. The number of carbonyl (C=O) groups excluding carboxylic acids is 2. The third-order valence-corrected chi connectivity index (χ3v) is 2.78. The summed E-state index contributed by atoms with van der Waals surface area (Å²) < 4.78 is 61.1. The molecule has 0 radical (unpaired) electrons. The van der Waals surface area contributed by atoms with Crippen molar-refractivity contribution in [2.45, 2.75) is 25.8 Å². The van der Waals surface area contributed by atoms with Crippen LogP contribution in [0.5, 0.6) is 0 Å². The number of carbonyl (C=O) groups is 2. The van der Waals surface area contributed by atoms with Crippen molar-refractivity contribution in [3.8, 4) is 0 Å². The normalized spacial score (nSPS) is 17.4. The van der Waals surface area contributed by atoms with E-state index in [0.29, 0.717) is 6.07 Å². The number of hydrogen-bond donors (Lipinski definition) is 1. The van der Waals surface area contributed by atoms with Crippen LogP contribution in [0.25, 0.3) is 0 Å². The van der Waals surface area contributed by atoms with E-state index < -0.39 is 46.5 Å². The molecule has 23 heavy (non-hydrogen) atoms. The van der Waals surface area contributed by atoms with Crippen molar-refractivity contribution < 1.29 is 36.6 Å². The fourth-order valence-electron chi connectivity index (χ4n) is 1.81. The van der Waals surface area contributed by atoms with Crippen molar-refractivity contribution in [3.63, 3.8) is 0 Å². The third-order valence-electron chi connectivity index (χ3n) is 2.78. The van der Waals surface area contributed by atoms with Gasteiger partial charge in [0.2, 0.25) is 0 Å². The molecular weight excluding hydrogens is 322 g/mol. The summed E-state index contributed by atoms with van der Waals surface area (Å²) >= 11 is 0. The molecule has 124 valence electrons. The van der Waals surface area contributed by atoms with Crippen LogP contribution < -0.4 is 5.32 Å². The number of esters is 2. The first-order valence-corrected chi connectivity index (χ1v) is 6.30. The second kappa shape index (κ2) is 5.56. The van der Waals surface area contributed by atoms with Crippen LogP contribution in [0.15, 0.2) is 30.0 Å². The first-order valence-electron chi connectivity index (χ1n) is 6.30. The van der Waals surface area contributed by atoms with Crippen LogP contribution in [0.1, 0.15) is 19.4 Å². The predicted octanol–water partition coefficient (Wildman–Crippen LogP) is 2.98. The lowest BCUT2D eigenvalue weighted by Gasteiger charge is -2.29. The number of hydrogen-bond acceptors (Lipinski definition) is 5. The summed E-state index contributed by atoms with van der Waals surface area (Å²) in [7, 11) is 0. The smallest absolute Gasteiger partial charge is 0.418 e. The molecule has 1 aliphatic rings. The number of nitrogens with one attached hydrogen (secondary N) is 1. The van der Waals surface area contributed by atoms with Crippen LogP contribution >= 0.6 is 0 Å². The molecule has 1 N–H and O–H groups in total. The molecule has 1 aliphatic heterocycles. The Balaban J connectivity index is 2.31. The highest BCUT2D eigenvalue weighted by atomic mass is 19.4. The molecule has 1 heterocycles. The number of ether oxygens (including phenoxy) is 2. The van der Waals surface area contributed by atoms with E-state index in [4.69, 9.17) is 9.47 Å². The maximum absolute atomic E-state index is 13.0. The maximum Gasteiger partial charge on any atom is 0.418 e. The summed E-state index contributed by atoms with van der Waals surface area (Å²) in [5.74, 6) is -4.63. The van der Waals surface area contributed by atoms with E-state index in [0.717, 1.165) is 18.3 Å². The molecule has 1 fully saturated rings. The van der Waals surface area contributed by atoms with Crippen molar-refractivity contribution in [3.05, 3.63) is 41.4 Å². The molecule has 0 amide bonds. The number of alkyl halides is 3. The van der Waals surface area contributed by atoms with E-state index in [1.54, 1.807) is 0 Å². The van der Waals surface area contributed by atoms with Gasteiger partial charge in [0.05, 0.1) is 11.3 Å². The Morgan fingerprint density at radius 2 is 1.70 bits per heavy atom. The molecular formula is C14H11F4NO4. The first-order chi connectivity index (χ1) is 10.5. The predicted molar refractivity (Wildman–Crippen MR) is 69.4 cm³/mol. The van der Waals surface area contributed by atoms with Gasteiger partial charge in [-0.3, -0.25) is 0 Å². The highest BCUT2D eigenvalue weighted by molar-refractivity contribution is 6.15.